The Kier molecular flexibility index (Phi) is 2.46. The molecule has 0 N–H and O–H groups in total. The highest BCUT2D eigenvalue weighted by Crippen LogP contribution is 2.51. The van der Waals surface area contributed by atoms with Crippen molar-refractivity contribution in [2.24, 2.45) is 17.3 Å². The van der Waals surface area contributed by atoms with Crippen LogP contribution in [0.4, 0.5) is 0 Å². The van der Waals surface area contributed by atoms with Gasteiger partial charge in [0.2, 0.25) is 0 Å². The molecular weight excluding hydrogens is 168 g/mol. The number of methoxy groups -OCH3 is 1. The Morgan fingerprint density at radius 2 is 1.85 bits per heavy atom. The minimum absolute atomic E-state index is 0.0246. The molecule has 74 valence electrons. The topological polar surface area (TPSA) is 43.4 Å². The Balaban J connectivity index is 2.69. The Hall–Kier alpha value is -0.860. The van der Waals surface area contributed by atoms with Gasteiger partial charge in [-0.15, -0.1) is 0 Å². The number of ketones is 1. The molecule has 1 fully saturated rings. The van der Waals surface area contributed by atoms with Gasteiger partial charge in [-0.25, -0.2) is 0 Å². The number of rotatable bonds is 2. The van der Waals surface area contributed by atoms with Gasteiger partial charge in [-0.05, 0) is 18.8 Å². The number of Topliss-reactive ketones (excluding diaryl/α,β-unsaturated/α-hetero) is 1. The molecule has 0 spiro atoms. The highest BCUT2D eigenvalue weighted by atomic mass is 16.5. The Morgan fingerprint density at radius 1 is 1.31 bits per heavy atom. The Bertz CT molecular complexity index is 243. The van der Waals surface area contributed by atoms with Crippen molar-refractivity contribution in [3.05, 3.63) is 0 Å². The van der Waals surface area contributed by atoms with Crippen LogP contribution >= 0.6 is 0 Å². The monoisotopic (exact) mass is 184 g/mol. The van der Waals surface area contributed by atoms with E-state index in [0.717, 1.165) is 0 Å². The molecule has 0 heterocycles. The van der Waals surface area contributed by atoms with Gasteiger partial charge in [0.05, 0.1) is 13.0 Å². The average Bonchev–Trinajstić information content (AvgIpc) is 2.01. The van der Waals surface area contributed by atoms with Gasteiger partial charge in [-0.1, -0.05) is 13.8 Å². The summed E-state index contributed by atoms with van der Waals surface area (Å²) in [5.74, 6) is -0.101. The molecule has 0 bridgehead atoms. The molecule has 0 radical (unpaired) electrons. The molecule has 3 heteroatoms. The van der Waals surface area contributed by atoms with Crippen LogP contribution in [0.5, 0.6) is 0 Å². The number of carbonyl (C=O) groups excluding carboxylic acids is 2. The molecule has 0 unspecified atom stereocenters. The van der Waals surface area contributed by atoms with E-state index >= 15 is 0 Å². The number of hydrogen-bond acceptors (Lipinski definition) is 3. The number of carbonyl (C=O) groups is 2. The van der Waals surface area contributed by atoms with Crippen LogP contribution < -0.4 is 0 Å². The third-order valence-electron chi connectivity index (χ3n) is 3.24. The zero-order valence-electron chi connectivity index (χ0n) is 8.59. The lowest BCUT2D eigenvalue weighted by atomic mass is 9.53. The summed E-state index contributed by atoms with van der Waals surface area (Å²) in [7, 11) is 1.39. The lowest BCUT2D eigenvalue weighted by molar-refractivity contribution is -0.165. The first-order chi connectivity index (χ1) is 5.91. The second-order valence-corrected chi connectivity index (χ2v) is 4.30. The second kappa shape index (κ2) is 3.13. The molecule has 0 aliphatic heterocycles. The summed E-state index contributed by atoms with van der Waals surface area (Å²) in [5, 5.41) is 0. The largest absolute Gasteiger partial charge is 0.469 e. The third-order valence-corrected chi connectivity index (χ3v) is 3.24. The average molecular weight is 184 g/mol. The molecule has 1 aliphatic rings. The van der Waals surface area contributed by atoms with Crippen molar-refractivity contribution in [1.29, 1.82) is 0 Å². The van der Waals surface area contributed by atoms with Gasteiger partial charge in [-0.3, -0.25) is 9.59 Å². The fourth-order valence-corrected chi connectivity index (χ4v) is 2.16. The molecule has 1 aliphatic carbocycles. The van der Waals surface area contributed by atoms with Crippen LogP contribution in [-0.4, -0.2) is 18.9 Å². The highest BCUT2D eigenvalue weighted by Gasteiger charge is 2.54. The fourth-order valence-electron chi connectivity index (χ4n) is 2.16. The van der Waals surface area contributed by atoms with E-state index in [1.807, 2.05) is 13.8 Å². The maximum atomic E-state index is 11.2. The van der Waals surface area contributed by atoms with Crippen LogP contribution in [0.25, 0.3) is 0 Å². The van der Waals surface area contributed by atoms with E-state index in [-0.39, 0.29) is 29.0 Å². The first-order valence-electron chi connectivity index (χ1n) is 4.49. The fraction of sp³-hybridized carbons (Fsp3) is 0.800. The maximum Gasteiger partial charge on any atom is 0.309 e. The molecule has 0 amide bonds. The summed E-state index contributed by atoms with van der Waals surface area (Å²) in [6.45, 7) is 5.48. The summed E-state index contributed by atoms with van der Waals surface area (Å²) < 4.78 is 4.67. The van der Waals surface area contributed by atoms with Crippen LogP contribution in [0.1, 0.15) is 27.2 Å². The van der Waals surface area contributed by atoms with Crippen LogP contribution in [-0.2, 0) is 14.3 Å². The van der Waals surface area contributed by atoms with E-state index in [9.17, 15) is 9.59 Å². The molecule has 3 nitrogen and oxygen atoms in total. The molecule has 0 aromatic heterocycles. The van der Waals surface area contributed by atoms with Gasteiger partial charge in [0.25, 0.3) is 0 Å². The van der Waals surface area contributed by atoms with E-state index in [0.29, 0.717) is 6.42 Å². The summed E-state index contributed by atoms with van der Waals surface area (Å²) >= 11 is 0. The summed E-state index contributed by atoms with van der Waals surface area (Å²) in [6.07, 6.45) is 0.648. The van der Waals surface area contributed by atoms with Crippen molar-refractivity contribution in [3.63, 3.8) is 0 Å². The van der Waals surface area contributed by atoms with Gasteiger partial charge in [0.15, 0.2) is 0 Å². The predicted molar refractivity (Wildman–Crippen MR) is 48.1 cm³/mol. The van der Waals surface area contributed by atoms with Gasteiger partial charge in [-0.2, -0.15) is 0 Å². The molecular formula is C10H16O3. The van der Waals surface area contributed by atoms with E-state index in [1.165, 1.54) is 7.11 Å². The van der Waals surface area contributed by atoms with E-state index in [1.54, 1.807) is 6.92 Å². The van der Waals surface area contributed by atoms with Crippen molar-refractivity contribution in [2.45, 2.75) is 27.2 Å². The van der Waals surface area contributed by atoms with Gasteiger partial charge in [0.1, 0.15) is 5.78 Å². The molecule has 2 atom stereocenters. The Morgan fingerprint density at radius 3 is 2.15 bits per heavy atom. The summed E-state index contributed by atoms with van der Waals surface area (Å²) in [4.78, 5) is 22.4. The minimum Gasteiger partial charge on any atom is -0.469 e. The zero-order chi connectivity index (χ0) is 10.2. The molecule has 13 heavy (non-hydrogen) atoms. The van der Waals surface area contributed by atoms with Crippen LogP contribution in [0.2, 0.25) is 0 Å². The smallest absolute Gasteiger partial charge is 0.309 e. The number of hydrogen-bond donors (Lipinski definition) is 0. The van der Waals surface area contributed by atoms with Crippen molar-refractivity contribution in [1.82, 2.24) is 0 Å². The molecule has 0 saturated heterocycles. The van der Waals surface area contributed by atoms with Gasteiger partial charge < -0.3 is 4.74 Å². The summed E-state index contributed by atoms with van der Waals surface area (Å²) in [6, 6.07) is 0. The first kappa shape index (κ1) is 10.2. The van der Waals surface area contributed by atoms with Crippen molar-refractivity contribution in [3.8, 4) is 0 Å². The van der Waals surface area contributed by atoms with Gasteiger partial charge >= 0.3 is 5.97 Å². The van der Waals surface area contributed by atoms with E-state index < -0.39 is 0 Å². The predicted octanol–water partition coefficient (Wildman–Crippen LogP) is 1.41. The number of ether oxygens (including phenoxy) is 1. The quantitative estimate of drug-likeness (QED) is 0.609. The third kappa shape index (κ3) is 1.47. The van der Waals surface area contributed by atoms with Crippen molar-refractivity contribution in [2.75, 3.05) is 7.11 Å². The van der Waals surface area contributed by atoms with Crippen molar-refractivity contribution >= 4 is 11.8 Å². The molecule has 1 rings (SSSR count). The zero-order valence-corrected chi connectivity index (χ0v) is 8.59. The van der Waals surface area contributed by atoms with E-state index in [4.69, 9.17) is 0 Å². The Labute approximate surface area is 78.5 Å². The van der Waals surface area contributed by atoms with Crippen LogP contribution in [0, 0.1) is 17.3 Å². The normalized spacial score (nSPS) is 30.5. The van der Waals surface area contributed by atoms with Gasteiger partial charge in [0, 0.05) is 5.92 Å². The van der Waals surface area contributed by atoms with Crippen molar-refractivity contribution < 1.29 is 14.3 Å². The molecule has 0 aromatic rings. The highest BCUT2D eigenvalue weighted by molar-refractivity contribution is 5.84. The SMILES string of the molecule is COC(=O)[C@H]1C[C@@H](C(C)=O)C1(C)C. The maximum absolute atomic E-state index is 11.2. The molecule has 1 saturated carbocycles. The second-order valence-electron chi connectivity index (χ2n) is 4.30. The molecule has 0 aromatic carbocycles. The lowest BCUT2D eigenvalue weighted by Gasteiger charge is -2.49. The standard InChI is InChI=1S/C10H16O3/c1-6(11)7-5-8(9(12)13-4)10(7,2)3/h7-8H,5H2,1-4H3/t7-,8+/m0/s1. The first-order valence-corrected chi connectivity index (χ1v) is 4.49. The van der Waals surface area contributed by atoms with Crippen LogP contribution in [0.15, 0.2) is 0 Å². The van der Waals surface area contributed by atoms with Crippen LogP contribution in [0.3, 0.4) is 0 Å². The summed E-state index contributed by atoms with van der Waals surface area (Å²) in [5.41, 5.74) is -0.223. The lowest BCUT2D eigenvalue weighted by Crippen LogP contribution is -2.51. The minimum atomic E-state index is -0.223. The van der Waals surface area contributed by atoms with E-state index in [2.05, 4.69) is 4.74 Å². The number of esters is 1.